The van der Waals surface area contributed by atoms with E-state index in [1.165, 1.54) is 4.88 Å². The number of pyridine rings is 1. The van der Waals surface area contributed by atoms with Gasteiger partial charge in [0.15, 0.2) is 0 Å². The first-order valence-corrected chi connectivity index (χ1v) is 7.96. The minimum atomic E-state index is 0.561. The van der Waals surface area contributed by atoms with Crippen molar-refractivity contribution in [3.05, 3.63) is 44.8 Å². The van der Waals surface area contributed by atoms with E-state index < -0.39 is 0 Å². The van der Waals surface area contributed by atoms with Gasteiger partial charge in [-0.2, -0.15) is 0 Å². The van der Waals surface area contributed by atoms with Gasteiger partial charge in [0, 0.05) is 24.7 Å². The lowest BCUT2D eigenvalue weighted by atomic mass is 10.3. The summed E-state index contributed by atoms with van der Waals surface area (Å²) in [5, 5.41) is 5.29. The Morgan fingerprint density at radius 3 is 2.90 bits per heavy atom. The Morgan fingerprint density at radius 1 is 1.35 bits per heavy atom. The zero-order valence-corrected chi connectivity index (χ0v) is 13.7. The van der Waals surface area contributed by atoms with Crippen LogP contribution in [0.15, 0.2) is 34.2 Å². The van der Waals surface area contributed by atoms with Gasteiger partial charge in [-0.25, -0.2) is 0 Å². The van der Waals surface area contributed by atoms with E-state index in [1.54, 1.807) is 24.6 Å². The lowest BCUT2D eigenvalue weighted by Gasteiger charge is -2.07. The molecule has 20 heavy (non-hydrogen) atoms. The minimum absolute atomic E-state index is 0.561. The molecule has 6 heteroatoms. The van der Waals surface area contributed by atoms with Crippen LogP contribution < -0.4 is 10.1 Å². The summed E-state index contributed by atoms with van der Waals surface area (Å²) in [6, 6.07) is 5.94. The summed E-state index contributed by atoms with van der Waals surface area (Å²) in [6.45, 7) is 2.82. The fourth-order valence-corrected chi connectivity index (χ4v) is 2.95. The van der Waals surface area contributed by atoms with Gasteiger partial charge in [0.05, 0.1) is 23.4 Å². The molecule has 0 bridgehead atoms. The molecule has 4 nitrogen and oxygen atoms in total. The monoisotopic (exact) mass is 356 g/mol. The van der Waals surface area contributed by atoms with Crippen LogP contribution in [0.3, 0.4) is 0 Å². The van der Waals surface area contributed by atoms with Crippen LogP contribution in [0.25, 0.3) is 0 Å². The average Bonchev–Trinajstić information content (AvgIpc) is 2.88. The molecule has 0 aliphatic carbocycles. The van der Waals surface area contributed by atoms with Crippen molar-refractivity contribution in [1.82, 2.24) is 10.3 Å². The molecule has 1 N–H and O–H groups in total. The van der Waals surface area contributed by atoms with Gasteiger partial charge in [0.1, 0.15) is 12.4 Å². The molecule has 0 saturated carbocycles. The molecule has 0 aliphatic heterocycles. The van der Waals surface area contributed by atoms with Crippen molar-refractivity contribution in [3.8, 4) is 5.75 Å². The van der Waals surface area contributed by atoms with Crippen molar-refractivity contribution in [2.45, 2.75) is 13.2 Å². The van der Waals surface area contributed by atoms with Gasteiger partial charge >= 0.3 is 0 Å². The molecular formula is C14H17BrN2O2S. The van der Waals surface area contributed by atoms with Gasteiger partial charge in [-0.15, -0.1) is 11.3 Å². The predicted molar refractivity (Wildman–Crippen MR) is 84.2 cm³/mol. The molecule has 0 unspecified atom stereocenters. The first-order chi connectivity index (χ1) is 9.79. The molecule has 0 spiro atoms. The van der Waals surface area contributed by atoms with Crippen LogP contribution in [0.5, 0.6) is 5.75 Å². The first kappa shape index (κ1) is 15.4. The Kier molecular flexibility index (Phi) is 6.46. The lowest BCUT2D eigenvalue weighted by Crippen LogP contribution is -2.19. The molecule has 0 fully saturated rings. The smallest absolute Gasteiger partial charge is 0.138 e. The maximum Gasteiger partial charge on any atom is 0.138 e. The van der Waals surface area contributed by atoms with Crippen LogP contribution in [0, 0.1) is 0 Å². The second-order valence-electron chi connectivity index (χ2n) is 4.14. The third-order valence-corrected chi connectivity index (χ3v) is 4.55. The zero-order chi connectivity index (χ0) is 14.2. The van der Waals surface area contributed by atoms with E-state index in [1.807, 2.05) is 23.6 Å². The molecule has 0 aliphatic rings. The molecule has 2 heterocycles. The van der Waals surface area contributed by atoms with Crippen molar-refractivity contribution in [2.75, 3.05) is 20.3 Å². The van der Waals surface area contributed by atoms with E-state index in [-0.39, 0.29) is 0 Å². The van der Waals surface area contributed by atoms with Crippen molar-refractivity contribution < 1.29 is 9.47 Å². The van der Waals surface area contributed by atoms with E-state index in [0.717, 1.165) is 29.0 Å². The normalized spacial score (nSPS) is 10.7. The highest BCUT2D eigenvalue weighted by Crippen LogP contribution is 2.24. The van der Waals surface area contributed by atoms with E-state index in [2.05, 4.69) is 26.2 Å². The summed E-state index contributed by atoms with van der Waals surface area (Å²) in [4.78, 5) is 5.54. The van der Waals surface area contributed by atoms with Gasteiger partial charge < -0.3 is 14.8 Å². The second-order valence-corrected chi connectivity index (χ2v) is 5.99. The van der Waals surface area contributed by atoms with E-state index in [9.17, 15) is 0 Å². The topological polar surface area (TPSA) is 43.4 Å². The Morgan fingerprint density at radius 2 is 2.25 bits per heavy atom. The molecule has 108 valence electrons. The third-order valence-electron chi connectivity index (χ3n) is 2.65. The summed E-state index contributed by atoms with van der Waals surface area (Å²) >= 11 is 5.16. The highest BCUT2D eigenvalue weighted by molar-refractivity contribution is 9.10. The Bertz CT molecular complexity index is 516. The molecule has 0 saturated heterocycles. The summed E-state index contributed by atoms with van der Waals surface area (Å²) in [6.07, 6.45) is 1.76. The lowest BCUT2D eigenvalue weighted by molar-refractivity contribution is 0.199. The second kappa shape index (κ2) is 8.36. The van der Waals surface area contributed by atoms with Crippen molar-refractivity contribution in [1.29, 1.82) is 0 Å². The molecule has 0 amide bonds. The number of thiophene rings is 1. The van der Waals surface area contributed by atoms with Crippen LogP contribution in [-0.4, -0.2) is 25.2 Å². The molecule has 2 rings (SSSR count). The number of methoxy groups -OCH3 is 1. The highest BCUT2D eigenvalue weighted by atomic mass is 79.9. The number of ether oxygens (including phenoxy) is 2. The summed E-state index contributed by atoms with van der Waals surface area (Å²) in [5.74, 6) is 0.783. The van der Waals surface area contributed by atoms with Crippen molar-refractivity contribution >= 4 is 27.3 Å². The summed E-state index contributed by atoms with van der Waals surface area (Å²) in [7, 11) is 1.69. The number of halogens is 1. The van der Waals surface area contributed by atoms with Crippen LogP contribution in [-0.2, 0) is 17.9 Å². The van der Waals surface area contributed by atoms with Gasteiger partial charge in [-0.1, -0.05) is 0 Å². The number of nitrogens with one attached hydrogen (secondary N) is 1. The largest absolute Gasteiger partial charge is 0.486 e. The average molecular weight is 357 g/mol. The van der Waals surface area contributed by atoms with Gasteiger partial charge in [0.25, 0.3) is 0 Å². The van der Waals surface area contributed by atoms with Crippen LogP contribution in [0.1, 0.15) is 10.6 Å². The standard InChI is InChI=1S/C14H17BrN2O2S/c1-18-6-5-16-8-11-2-3-12(9-17-11)19-10-14-13(15)4-7-20-14/h2-4,7,9,16H,5-6,8,10H2,1H3. The van der Waals surface area contributed by atoms with Gasteiger partial charge in [-0.05, 0) is 39.5 Å². The maximum atomic E-state index is 5.71. The molecule has 0 aromatic carbocycles. The molecule has 2 aromatic heterocycles. The Hall–Kier alpha value is -0.950. The Balaban J connectivity index is 1.78. The van der Waals surface area contributed by atoms with E-state index >= 15 is 0 Å². The van der Waals surface area contributed by atoms with Crippen LogP contribution in [0.4, 0.5) is 0 Å². The fraction of sp³-hybridized carbons (Fsp3) is 0.357. The number of rotatable bonds is 8. The first-order valence-electron chi connectivity index (χ1n) is 6.29. The van der Waals surface area contributed by atoms with E-state index in [0.29, 0.717) is 13.2 Å². The van der Waals surface area contributed by atoms with Gasteiger partial charge in [0.2, 0.25) is 0 Å². The van der Waals surface area contributed by atoms with Crippen LogP contribution in [0.2, 0.25) is 0 Å². The number of hydrogen-bond acceptors (Lipinski definition) is 5. The summed E-state index contributed by atoms with van der Waals surface area (Å²) in [5.41, 5.74) is 0.991. The minimum Gasteiger partial charge on any atom is -0.486 e. The third kappa shape index (κ3) is 4.86. The highest BCUT2D eigenvalue weighted by Gasteiger charge is 2.03. The van der Waals surface area contributed by atoms with E-state index in [4.69, 9.17) is 9.47 Å². The van der Waals surface area contributed by atoms with Crippen LogP contribution >= 0.6 is 27.3 Å². The fourth-order valence-electron chi connectivity index (χ4n) is 1.57. The number of hydrogen-bond donors (Lipinski definition) is 1. The zero-order valence-electron chi connectivity index (χ0n) is 11.3. The molecular weight excluding hydrogens is 340 g/mol. The quantitative estimate of drug-likeness (QED) is 0.737. The Labute approximate surface area is 131 Å². The number of aromatic nitrogens is 1. The molecule has 0 atom stereocenters. The SMILES string of the molecule is COCCNCc1ccc(OCc2sccc2Br)cn1. The van der Waals surface area contributed by atoms with Crippen molar-refractivity contribution in [3.63, 3.8) is 0 Å². The van der Waals surface area contributed by atoms with Crippen molar-refractivity contribution in [2.24, 2.45) is 0 Å². The van der Waals surface area contributed by atoms with Gasteiger partial charge in [-0.3, -0.25) is 4.98 Å². The predicted octanol–water partition coefficient (Wildman–Crippen LogP) is 3.22. The maximum absolute atomic E-state index is 5.71. The molecule has 0 radical (unpaired) electrons. The molecule has 2 aromatic rings. The summed E-state index contributed by atoms with van der Waals surface area (Å²) < 4.78 is 11.8. The number of nitrogens with zero attached hydrogens (tertiary/aromatic N) is 1.